The van der Waals surface area contributed by atoms with Crippen molar-refractivity contribution in [1.82, 2.24) is 0 Å². The third kappa shape index (κ3) is 7.71. The van der Waals surface area contributed by atoms with E-state index in [1.165, 1.54) is 12.1 Å². The van der Waals surface area contributed by atoms with Crippen LogP contribution in [0.5, 0.6) is 0 Å². The summed E-state index contributed by atoms with van der Waals surface area (Å²) in [4.78, 5) is 15.1. The van der Waals surface area contributed by atoms with Crippen LogP contribution in [0.1, 0.15) is 50.8 Å². The Labute approximate surface area is 182 Å². The number of esters is 1. The molecule has 0 bridgehead atoms. The summed E-state index contributed by atoms with van der Waals surface area (Å²) in [5.74, 6) is -0.499. The van der Waals surface area contributed by atoms with Crippen LogP contribution in [-0.4, -0.2) is 26.1 Å². The third-order valence-electron chi connectivity index (χ3n) is 4.28. The predicted octanol–water partition coefficient (Wildman–Crippen LogP) is 5.24. The minimum atomic E-state index is -4.17. The summed E-state index contributed by atoms with van der Waals surface area (Å²) in [6.07, 6.45) is -1.22. The summed E-state index contributed by atoms with van der Waals surface area (Å²) in [6, 6.07) is 14.0. The van der Waals surface area contributed by atoms with Gasteiger partial charge in [0.2, 0.25) is 0 Å². The zero-order valence-electron chi connectivity index (χ0n) is 18.1. The molecule has 0 aliphatic heterocycles. The topological polar surface area (TPSA) is 118 Å². The maximum atomic E-state index is 12.9. The molecule has 2 aromatic rings. The van der Waals surface area contributed by atoms with E-state index in [2.05, 4.69) is 10.0 Å². The molecule has 0 aliphatic rings. The lowest BCUT2D eigenvalue weighted by atomic mass is 9.99. The van der Waals surface area contributed by atoms with Gasteiger partial charge in [0, 0.05) is 11.3 Å². The number of carbonyl (C=O) groups is 1. The van der Waals surface area contributed by atoms with E-state index < -0.39 is 33.8 Å². The molecule has 0 N–H and O–H groups in total. The summed E-state index contributed by atoms with van der Waals surface area (Å²) in [5, 5.41) is 3.78. The molecule has 0 aromatic heterocycles. The smallest absolute Gasteiger partial charge is 0.306 e. The van der Waals surface area contributed by atoms with E-state index in [1.807, 2.05) is 6.92 Å². The molecule has 2 atom stereocenters. The van der Waals surface area contributed by atoms with Crippen molar-refractivity contribution in [2.75, 3.05) is 0 Å². The molecule has 166 valence electrons. The molecule has 0 fully saturated rings. The monoisotopic (exact) mass is 445 g/mol. The van der Waals surface area contributed by atoms with Crippen molar-refractivity contribution in [3.63, 3.8) is 0 Å². The van der Waals surface area contributed by atoms with Crippen LogP contribution in [0, 0.1) is 6.92 Å². The third-order valence-corrected chi connectivity index (χ3v) is 5.63. The normalized spacial score (nSPS) is 13.7. The number of benzene rings is 2. The Hall–Kier alpha value is -2.87. The summed E-state index contributed by atoms with van der Waals surface area (Å²) >= 11 is 0. The second kappa shape index (κ2) is 10.4. The number of aryl methyl sites for hydroxylation is 1. The van der Waals surface area contributed by atoms with Gasteiger partial charge in [-0.3, -0.25) is 8.98 Å². The first kappa shape index (κ1) is 24.4. The van der Waals surface area contributed by atoms with Crippen LogP contribution < -0.4 is 0 Å². The Morgan fingerprint density at radius 2 is 1.71 bits per heavy atom. The first-order valence-corrected chi connectivity index (χ1v) is 11.2. The SMILES string of the molecule is Cc1ccc(S(=O)(=O)O[C@H](CCC(=O)OC(C)(C)C)[C@@H](N=[N+]=[N-])c2ccccc2)cc1. The van der Waals surface area contributed by atoms with Gasteiger partial charge in [-0.05, 0) is 57.3 Å². The highest BCUT2D eigenvalue weighted by Gasteiger charge is 2.30. The lowest BCUT2D eigenvalue weighted by Gasteiger charge is -2.25. The first-order valence-electron chi connectivity index (χ1n) is 9.83. The number of rotatable bonds is 9. The summed E-state index contributed by atoms with van der Waals surface area (Å²) in [6.45, 7) is 7.07. The molecule has 0 saturated heterocycles. The van der Waals surface area contributed by atoms with Crippen molar-refractivity contribution in [2.45, 2.75) is 63.2 Å². The van der Waals surface area contributed by atoms with Gasteiger partial charge in [0.05, 0.1) is 17.0 Å². The molecule has 0 amide bonds. The van der Waals surface area contributed by atoms with Crippen LogP contribution in [0.3, 0.4) is 0 Å². The first-order chi connectivity index (χ1) is 14.5. The molecule has 0 spiro atoms. The van der Waals surface area contributed by atoms with Crippen LogP contribution in [-0.2, 0) is 23.8 Å². The van der Waals surface area contributed by atoms with Crippen molar-refractivity contribution in [3.05, 3.63) is 76.2 Å². The summed E-state index contributed by atoms with van der Waals surface area (Å²) in [5.41, 5.74) is 9.89. The van der Waals surface area contributed by atoms with E-state index in [0.29, 0.717) is 5.56 Å². The van der Waals surface area contributed by atoms with Crippen molar-refractivity contribution in [1.29, 1.82) is 0 Å². The molecule has 8 nitrogen and oxygen atoms in total. The molecule has 2 aromatic carbocycles. The Balaban J connectivity index is 2.35. The number of nitrogens with zero attached hydrogens (tertiary/aromatic N) is 3. The fraction of sp³-hybridized carbons (Fsp3) is 0.409. The Bertz CT molecular complexity index is 1030. The number of carbonyl (C=O) groups excluding carboxylic acids is 1. The maximum Gasteiger partial charge on any atom is 0.306 e. The summed E-state index contributed by atoms with van der Waals surface area (Å²) < 4.78 is 36.6. The van der Waals surface area contributed by atoms with Gasteiger partial charge in [-0.25, -0.2) is 0 Å². The van der Waals surface area contributed by atoms with Crippen molar-refractivity contribution in [3.8, 4) is 0 Å². The standard InChI is InChI=1S/C22H27N3O5S/c1-16-10-12-18(13-11-16)31(27,28)30-19(14-15-20(26)29-22(2,3)4)21(24-25-23)17-8-6-5-7-9-17/h5-13,19,21H,14-15H2,1-4H3/t19-,21+/m1/s1. The second-order valence-corrected chi connectivity index (χ2v) is 9.66. The van der Waals surface area contributed by atoms with Crippen molar-refractivity contribution >= 4 is 16.1 Å². The van der Waals surface area contributed by atoms with Gasteiger partial charge in [0.15, 0.2) is 0 Å². The Morgan fingerprint density at radius 1 is 1.10 bits per heavy atom. The van der Waals surface area contributed by atoms with Gasteiger partial charge in [0.25, 0.3) is 10.1 Å². The summed E-state index contributed by atoms with van der Waals surface area (Å²) in [7, 11) is -4.17. The van der Waals surface area contributed by atoms with Crippen LogP contribution >= 0.6 is 0 Å². The second-order valence-electron chi connectivity index (χ2n) is 8.09. The van der Waals surface area contributed by atoms with Crippen molar-refractivity contribution in [2.24, 2.45) is 5.11 Å². The van der Waals surface area contributed by atoms with Gasteiger partial charge in [-0.15, -0.1) is 0 Å². The van der Waals surface area contributed by atoms with Crippen LogP contribution in [0.25, 0.3) is 10.4 Å². The van der Waals surface area contributed by atoms with Crippen molar-refractivity contribution < 1.29 is 22.1 Å². The quantitative estimate of drug-likeness (QED) is 0.172. The maximum absolute atomic E-state index is 12.9. The molecule has 9 heteroatoms. The zero-order chi connectivity index (χ0) is 23.1. The van der Waals surface area contributed by atoms with Gasteiger partial charge >= 0.3 is 5.97 Å². The van der Waals surface area contributed by atoms with E-state index >= 15 is 0 Å². The van der Waals surface area contributed by atoms with Gasteiger partial charge in [-0.2, -0.15) is 8.42 Å². The lowest BCUT2D eigenvalue weighted by Crippen LogP contribution is -2.28. The number of ether oxygens (including phenoxy) is 1. The van der Waals surface area contributed by atoms with E-state index in [9.17, 15) is 13.2 Å². The number of hydrogen-bond acceptors (Lipinski definition) is 6. The van der Waals surface area contributed by atoms with Crippen LogP contribution in [0.4, 0.5) is 0 Å². The lowest BCUT2D eigenvalue weighted by molar-refractivity contribution is -0.155. The van der Waals surface area contributed by atoms with Crippen LogP contribution in [0.2, 0.25) is 0 Å². The molecular formula is C22H27N3O5S. The highest BCUT2D eigenvalue weighted by atomic mass is 32.2. The van der Waals surface area contributed by atoms with E-state index in [1.54, 1.807) is 63.2 Å². The highest BCUT2D eigenvalue weighted by Crippen LogP contribution is 2.30. The minimum absolute atomic E-state index is 0.0153. The molecule has 0 unspecified atom stereocenters. The molecule has 0 radical (unpaired) electrons. The predicted molar refractivity (Wildman–Crippen MR) is 117 cm³/mol. The van der Waals surface area contributed by atoms with Gasteiger partial charge in [0.1, 0.15) is 5.60 Å². The average molecular weight is 446 g/mol. The molecule has 0 aliphatic carbocycles. The molecule has 2 rings (SSSR count). The zero-order valence-corrected chi connectivity index (χ0v) is 18.9. The van der Waals surface area contributed by atoms with E-state index in [0.717, 1.165) is 5.56 Å². The average Bonchev–Trinajstić information content (AvgIpc) is 2.69. The fourth-order valence-corrected chi connectivity index (χ4v) is 4.00. The Kier molecular flexibility index (Phi) is 8.21. The van der Waals surface area contributed by atoms with E-state index in [-0.39, 0.29) is 17.7 Å². The fourth-order valence-electron chi connectivity index (χ4n) is 2.90. The van der Waals surface area contributed by atoms with Crippen LogP contribution in [0.15, 0.2) is 64.6 Å². The number of hydrogen-bond donors (Lipinski definition) is 0. The van der Waals surface area contributed by atoms with Gasteiger partial charge < -0.3 is 4.74 Å². The minimum Gasteiger partial charge on any atom is -0.460 e. The molecule has 0 saturated carbocycles. The molecular weight excluding hydrogens is 418 g/mol. The molecule has 0 heterocycles. The number of azide groups is 1. The largest absolute Gasteiger partial charge is 0.460 e. The highest BCUT2D eigenvalue weighted by molar-refractivity contribution is 7.86. The Morgan fingerprint density at radius 3 is 2.26 bits per heavy atom. The molecule has 31 heavy (non-hydrogen) atoms. The van der Waals surface area contributed by atoms with Gasteiger partial charge in [-0.1, -0.05) is 53.1 Å². The van der Waals surface area contributed by atoms with E-state index in [4.69, 9.17) is 14.5 Å².